The zero-order valence-electron chi connectivity index (χ0n) is 6.80. The van der Waals surface area contributed by atoms with Crippen LogP contribution in [0.4, 0.5) is 4.39 Å². The van der Waals surface area contributed by atoms with E-state index in [2.05, 4.69) is 0 Å². The number of rotatable bonds is 4. The Hall–Kier alpha value is -1.09. The van der Waals surface area contributed by atoms with Crippen LogP contribution in [0.3, 0.4) is 0 Å². The first-order valence-corrected chi connectivity index (χ1v) is 4.25. The molecule has 0 saturated carbocycles. The third kappa shape index (κ3) is 2.70. The van der Waals surface area contributed by atoms with Gasteiger partial charge >= 0.3 is 0 Å². The first-order valence-electron chi connectivity index (χ1n) is 3.71. The highest BCUT2D eigenvalue weighted by Crippen LogP contribution is 2.17. The maximum Gasteiger partial charge on any atom is 0.153 e. The minimum absolute atomic E-state index is 0.199. The van der Waals surface area contributed by atoms with E-state index in [-0.39, 0.29) is 5.56 Å². The minimum atomic E-state index is -0.458. The van der Waals surface area contributed by atoms with Crippen LogP contribution >= 0.6 is 11.6 Å². The molecule has 0 aliphatic rings. The second kappa shape index (κ2) is 4.82. The Morgan fingerprint density at radius 2 is 2.31 bits per heavy atom. The smallest absolute Gasteiger partial charge is 0.153 e. The van der Waals surface area contributed by atoms with Crippen molar-refractivity contribution in [3.8, 4) is 5.75 Å². The molecule has 0 heterocycles. The number of halogens is 2. The summed E-state index contributed by atoms with van der Waals surface area (Å²) in [5.41, 5.74) is 0.199. The summed E-state index contributed by atoms with van der Waals surface area (Å²) in [6.07, 6.45) is 0.548. The largest absolute Gasteiger partial charge is 0.492 e. The van der Waals surface area contributed by atoms with Gasteiger partial charge in [-0.1, -0.05) is 0 Å². The van der Waals surface area contributed by atoms with Crippen LogP contribution in [-0.4, -0.2) is 18.8 Å². The van der Waals surface area contributed by atoms with Crippen LogP contribution in [0.15, 0.2) is 18.2 Å². The van der Waals surface area contributed by atoms with E-state index in [0.29, 0.717) is 24.5 Å². The summed E-state index contributed by atoms with van der Waals surface area (Å²) < 4.78 is 17.7. The van der Waals surface area contributed by atoms with Gasteiger partial charge in [0, 0.05) is 0 Å². The van der Waals surface area contributed by atoms with Crippen LogP contribution < -0.4 is 4.74 Å². The minimum Gasteiger partial charge on any atom is -0.492 e. The third-order valence-corrected chi connectivity index (χ3v) is 1.59. The molecule has 0 aliphatic heterocycles. The third-order valence-electron chi connectivity index (χ3n) is 1.43. The van der Waals surface area contributed by atoms with Crippen LogP contribution in [0.1, 0.15) is 10.4 Å². The van der Waals surface area contributed by atoms with Gasteiger partial charge in [-0.2, -0.15) is 0 Å². The maximum atomic E-state index is 12.6. The zero-order chi connectivity index (χ0) is 9.68. The van der Waals surface area contributed by atoms with Gasteiger partial charge in [-0.3, -0.25) is 4.79 Å². The molecule has 0 atom stereocenters. The summed E-state index contributed by atoms with van der Waals surface area (Å²) in [7, 11) is 0. The van der Waals surface area contributed by atoms with E-state index in [4.69, 9.17) is 16.3 Å². The molecule has 4 heteroatoms. The summed E-state index contributed by atoms with van der Waals surface area (Å²) >= 11 is 5.39. The summed E-state index contributed by atoms with van der Waals surface area (Å²) in [5.74, 6) is 0.229. The number of hydrogen-bond acceptors (Lipinski definition) is 2. The molecule has 0 aromatic heterocycles. The number of hydrogen-bond donors (Lipinski definition) is 0. The van der Waals surface area contributed by atoms with E-state index in [1.165, 1.54) is 12.1 Å². The van der Waals surface area contributed by atoms with Crippen LogP contribution in [0.25, 0.3) is 0 Å². The molecular formula is C9H8ClFO2. The average molecular weight is 203 g/mol. The first-order chi connectivity index (χ1) is 6.27. The van der Waals surface area contributed by atoms with Gasteiger partial charge < -0.3 is 4.74 Å². The summed E-state index contributed by atoms with van der Waals surface area (Å²) in [5, 5.41) is 0. The standard InChI is InChI=1S/C9H8ClFO2/c10-3-4-13-9-2-1-8(11)5-7(9)6-12/h1-2,5-6H,3-4H2. The highest BCUT2D eigenvalue weighted by molar-refractivity contribution is 6.18. The Morgan fingerprint density at radius 1 is 1.54 bits per heavy atom. The zero-order valence-corrected chi connectivity index (χ0v) is 7.55. The van der Waals surface area contributed by atoms with Crippen molar-refractivity contribution in [1.82, 2.24) is 0 Å². The predicted molar refractivity (Wildman–Crippen MR) is 48.0 cm³/mol. The number of alkyl halides is 1. The number of carbonyl (C=O) groups excluding carboxylic acids is 1. The predicted octanol–water partition coefficient (Wildman–Crippen LogP) is 2.26. The van der Waals surface area contributed by atoms with Crippen molar-refractivity contribution in [3.05, 3.63) is 29.6 Å². The Morgan fingerprint density at radius 3 is 2.92 bits per heavy atom. The van der Waals surface area contributed by atoms with E-state index in [0.717, 1.165) is 6.07 Å². The normalized spacial score (nSPS) is 9.69. The van der Waals surface area contributed by atoms with E-state index in [1.807, 2.05) is 0 Å². The van der Waals surface area contributed by atoms with Crippen molar-refractivity contribution in [2.45, 2.75) is 0 Å². The van der Waals surface area contributed by atoms with Crippen molar-refractivity contribution in [2.24, 2.45) is 0 Å². The lowest BCUT2D eigenvalue weighted by atomic mass is 10.2. The van der Waals surface area contributed by atoms with Crippen molar-refractivity contribution < 1.29 is 13.9 Å². The van der Waals surface area contributed by atoms with Crippen molar-refractivity contribution in [3.63, 3.8) is 0 Å². The Kier molecular flexibility index (Phi) is 3.71. The van der Waals surface area contributed by atoms with Gasteiger partial charge in [0.2, 0.25) is 0 Å². The Labute approximate surface area is 80.3 Å². The Bertz CT molecular complexity index is 302. The van der Waals surface area contributed by atoms with Crippen LogP contribution in [0.5, 0.6) is 5.75 Å². The fourth-order valence-electron chi connectivity index (χ4n) is 0.891. The maximum absolute atomic E-state index is 12.6. The van der Waals surface area contributed by atoms with Gasteiger partial charge in [0.15, 0.2) is 6.29 Å². The molecule has 0 amide bonds. The fourth-order valence-corrected chi connectivity index (χ4v) is 0.969. The highest BCUT2D eigenvalue weighted by Gasteiger charge is 2.03. The van der Waals surface area contributed by atoms with Gasteiger partial charge in [0.25, 0.3) is 0 Å². The molecule has 1 aromatic carbocycles. The van der Waals surface area contributed by atoms with Gasteiger partial charge in [0.1, 0.15) is 18.2 Å². The molecule has 0 radical (unpaired) electrons. The summed E-state index contributed by atoms with van der Waals surface area (Å²) in [4.78, 5) is 10.5. The van der Waals surface area contributed by atoms with Gasteiger partial charge in [0.05, 0.1) is 11.4 Å². The molecule has 0 unspecified atom stereocenters. The fraction of sp³-hybridized carbons (Fsp3) is 0.222. The lowest BCUT2D eigenvalue weighted by Crippen LogP contribution is -2.00. The molecule has 0 fully saturated rings. The molecule has 1 aromatic rings. The lowest BCUT2D eigenvalue weighted by molar-refractivity contribution is 0.111. The average Bonchev–Trinajstić information content (AvgIpc) is 2.16. The second-order valence-corrected chi connectivity index (χ2v) is 2.72. The number of carbonyl (C=O) groups is 1. The lowest BCUT2D eigenvalue weighted by Gasteiger charge is -2.05. The van der Waals surface area contributed by atoms with Crippen LogP contribution in [0, 0.1) is 5.82 Å². The molecule has 70 valence electrons. The summed E-state index contributed by atoms with van der Waals surface area (Å²) in [6, 6.07) is 3.76. The molecular weight excluding hydrogens is 195 g/mol. The second-order valence-electron chi connectivity index (χ2n) is 2.34. The van der Waals surface area contributed by atoms with Gasteiger partial charge in [-0.15, -0.1) is 11.6 Å². The van der Waals surface area contributed by atoms with Crippen LogP contribution in [-0.2, 0) is 0 Å². The number of aldehydes is 1. The van der Waals surface area contributed by atoms with Gasteiger partial charge in [-0.05, 0) is 18.2 Å². The molecule has 0 saturated heterocycles. The Balaban J connectivity index is 2.86. The first kappa shape index (κ1) is 9.99. The topological polar surface area (TPSA) is 26.3 Å². The monoisotopic (exact) mass is 202 g/mol. The molecule has 1 rings (SSSR count). The molecule has 2 nitrogen and oxygen atoms in total. The quantitative estimate of drug-likeness (QED) is 0.553. The molecule has 0 spiro atoms. The van der Waals surface area contributed by atoms with Crippen molar-refractivity contribution >= 4 is 17.9 Å². The van der Waals surface area contributed by atoms with Crippen molar-refractivity contribution in [2.75, 3.05) is 12.5 Å². The SMILES string of the molecule is O=Cc1cc(F)ccc1OCCCl. The highest BCUT2D eigenvalue weighted by atomic mass is 35.5. The summed E-state index contributed by atoms with van der Waals surface area (Å²) in [6.45, 7) is 0.300. The molecule has 0 bridgehead atoms. The number of benzene rings is 1. The van der Waals surface area contributed by atoms with Crippen LogP contribution in [0.2, 0.25) is 0 Å². The van der Waals surface area contributed by atoms with E-state index in [9.17, 15) is 9.18 Å². The molecule has 13 heavy (non-hydrogen) atoms. The van der Waals surface area contributed by atoms with E-state index >= 15 is 0 Å². The molecule has 0 aliphatic carbocycles. The van der Waals surface area contributed by atoms with E-state index in [1.54, 1.807) is 0 Å². The number of ether oxygens (including phenoxy) is 1. The van der Waals surface area contributed by atoms with Gasteiger partial charge in [-0.25, -0.2) is 4.39 Å². The molecule has 0 N–H and O–H groups in total. The van der Waals surface area contributed by atoms with E-state index < -0.39 is 5.82 Å². The van der Waals surface area contributed by atoms with Crippen molar-refractivity contribution in [1.29, 1.82) is 0 Å².